The Labute approximate surface area is 112 Å². The van der Waals surface area contributed by atoms with Gasteiger partial charge in [-0.25, -0.2) is 0 Å². The summed E-state index contributed by atoms with van der Waals surface area (Å²) in [6, 6.07) is 6.86. The van der Waals surface area contributed by atoms with Crippen LogP contribution in [0.5, 0.6) is 0 Å². The summed E-state index contributed by atoms with van der Waals surface area (Å²) in [6.45, 7) is 6.18. The van der Waals surface area contributed by atoms with Gasteiger partial charge in [0.2, 0.25) is 5.91 Å². The van der Waals surface area contributed by atoms with Crippen LogP contribution in [-0.4, -0.2) is 28.3 Å². The summed E-state index contributed by atoms with van der Waals surface area (Å²) in [5.74, 6) is 0.182. The van der Waals surface area contributed by atoms with Crippen LogP contribution in [0.3, 0.4) is 0 Å². The van der Waals surface area contributed by atoms with Crippen LogP contribution in [0.1, 0.15) is 37.6 Å². The highest BCUT2D eigenvalue weighted by Gasteiger charge is 2.51. The van der Waals surface area contributed by atoms with Crippen LogP contribution in [-0.2, 0) is 4.79 Å². The molecule has 0 radical (unpaired) electrons. The lowest BCUT2D eigenvalue weighted by Gasteiger charge is -2.36. The minimum atomic E-state index is -0.357. The van der Waals surface area contributed by atoms with Gasteiger partial charge < -0.3 is 10.2 Å². The van der Waals surface area contributed by atoms with Gasteiger partial charge in [-0.1, -0.05) is 19.1 Å². The molecular weight excluding hydrogens is 240 g/mol. The molecular formula is C15H18N2O2. The second-order valence-corrected chi connectivity index (χ2v) is 6.02. The van der Waals surface area contributed by atoms with Crippen molar-refractivity contribution < 1.29 is 9.59 Å². The zero-order chi connectivity index (χ0) is 13.8. The lowest BCUT2D eigenvalue weighted by Crippen LogP contribution is -2.50. The average molecular weight is 258 g/mol. The van der Waals surface area contributed by atoms with Crippen LogP contribution in [0.25, 0.3) is 0 Å². The van der Waals surface area contributed by atoms with Crippen molar-refractivity contribution in [1.29, 1.82) is 0 Å². The molecule has 100 valence electrons. The third kappa shape index (κ3) is 1.59. The van der Waals surface area contributed by atoms with Gasteiger partial charge in [-0.05, 0) is 38.3 Å². The van der Waals surface area contributed by atoms with Crippen LogP contribution >= 0.6 is 0 Å². The summed E-state index contributed by atoms with van der Waals surface area (Å²) >= 11 is 0. The molecule has 2 heterocycles. The Balaban J connectivity index is 2.15. The molecule has 0 saturated carbocycles. The van der Waals surface area contributed by atoms with Crippen molar-refractivity contribution in [2.24, 2.45) is 5.92 Å². The lowest BCUT2D eigenvalue weighted by molar-refractivity contribution is -0.120. The van der Waals surface area contributed by atoms with Gasteiger partial charge in [-0.2, -0.15) is 0 Å². The third-order valence-electron chi connectivity index (χ3n) is 4.65. The number of carbonyl (C=O) groups excluding carboxylic acids is 2. The maximum absolute atomic E-state index is 12.8. The summed E-state index contributed by atoms with van der Waals surface area (Å²) < 4.78 is 0. The number of benzene rings is 1. The minimum absolute atomic E-state index is 0.0479. The first kappa shape index (κ1) is 12.2. The van der Waals surface area contributed by atoms with E-state index in [0.717, 1.165) is 6.42 Å². The molecule has 2 amide bonds. The van der Waals surface area contributed by atoms with Crippen LogP contribution in [0.15, 0.2) is 24.3 Å². The monoisotopic (exact) mass is 258 g/mol. The van der Waals surface area contributed by atoms with Gasteiger partial charge in [0.15, 0.2) is 0 Å². The number of rotatable bonds is 0. The first-order chi connectivity index (χ1) is 8.93. The molecule has 3 rings (SSSR count). The first-order valence-corrected chi connectivity index (χ1v) is 6.66. The maximum atomic E-state index is 12.8. The molecule has 4 heteroatoms. The number of hydrogen-bond donors (Lipinski definition) is 1. The Morgan fingerprint density at radius 3 is 2.68 bits per heavy atom. The standard InChI is InChI=1S/C15H18N2O2/c1-9-8-12-13(18)16-11-7-5-4-6-10(11)14(19)17(12)15(9,2)3/h4-7,9,12H,8H2,1-3H3,(H,16,18). The SMILES string of the molecule is CC1CC2C(=O)Nc3ccccc3C(=O)N2C1(C)C. The Morgan fingerprint density at radius 2 is 1.95 bits per heavy atom. The van der Waals surface area contributed by atoms with Crippen LogP contribution in [0.4, 0.5) is 5.69 Å². The molecule has 1 aromatic rings. The van der Waals surface area contributed by atoms with E-state index in [2.05, 4.69) is 12.2 Å². The van der Waals surface area contributed by atoms with Gasteiger partial charge in [0.05, 0.1) is 11.3 Å². The van der Waals surface area contributed by atoms with Gasteiger partial charge in [0, 0.05) is 5.54 Å². The van der Waals surface area contributed by atoms with E-state index in [1.54, 1.807) is 17.0 Å². The predicted octanol–water partition coefficient (Wildman–Crippen LogP) is 2.27. The van der Waals surface area contributed by atoms with E-state index in [4.69, 9.17) is 0 Å². The van der Waals surface area contributed by atoms with E-state index < -0.39 is 0 Å². The van der Waals surface area contributed by atoms with E-state index in [9.17, 15) is 9.59 Å². The number of nitrogens with one attached hydrogen (secondary N) is 1. The summed E-state index contributed by atoms with van der Waals surface area (Å²) in [7, 11) is 0. The van der Waals surface area contributed by atoms with Gasteiger partial charge in [-0.3, -0.25) is 9.59 Å². The second kappa shape index (κ2) is 3.83. The summed E-state index contributed by atoms with van der Waals surface area (Å²) in [4.78, 5) is 26.9. The van der Waals surface area contributed by atoms with Gasteiger partial charge in [0.1, 0.15) is 6.04 Å². The van der Waals surface area contributed by atoms with Crippen molar-refractivity contribution in [3.05, 3.63) is 29.8 Å². The smallest absolute Gasteiger partial charge is 0.257 e. The fraction of sp³-hybridized carbons (Fsp3) is 0.467. The lowest BCUT2D eigenvalue weighted by atomic mass is 9.89. The van der Waals surface area contributed by atoms with Crippen molar-refractivity contribution in [2.75, 3.05) is 5.32 Å². The fourth-order valence-electron chi connectivity index (χ4n) is 3.12. The zero-order valence-corrected chi connectivity index (χ0v) is 11.4. The normalized spacial score (nSPS) is 28.5. The van der Waals surface area contributed by atoms with E-state index in [0.29, 0.717) is 17.2 Å². The number of hydrogen-bond acceptors (Lipinski definition) is 2. The number of para-hydroxylation sites is 1. The molecule has 1 fully saturated rings. The Bertz CT molecular complexity index is 565. The number of anilines is 1. The van der Waals surface area contributed by atoms with Crippen molar-refractivity contribution in [2.45, 2.75) is 38.8 Å². The highest BCUT2D eigenvalue weighted by Crippen LogP contribution is 2.41. The Kier molecular flexibility index (Phi) is 2.46. The topological polar surface area (TPSA) is 49.4 Å². The van der Waals surface area contributed by atoms with E-state index >= 15 is 0 Å². The number of carbonyl (C=O) groups is 2. The molecule has 1 saturated heterocycles. The Morgan fingerprint density at radius 1 is 1.26 bits per heavy atom. The summed E-state index contributed by atoms with van der Waals surface area (Å²) in [6.07, 6.45) is 0.721. The third-order valence-corrected chi connectivity index (χ3v) is 4.65. The quantitative estimate of drug-likeness (QED) is 0.776. The maximum Gasteiger partial charge on any atom is 0.257 e. The van der Waals surface area contributed by atoms with Crippen molar-refractivity contribution in [3.63, 3.8) is 0 Å². The van der Waals surface area contributed by atoms with Crippen molar-refractivity contribution in [3.8, 4) is 0 Å². The van der Waals surface area contributed by atoms with Crippen molar-refractivity contribution >= 4 is 17.5 Å². The number of fused-ring (bicyclic) bond motifs is 2. The molecule has 0 spiro atoms. The molecule has 2 unspecified atom stereocenters. The molecule has 0 aromatic heterocycles. The van der Waals surface area contributed by atoms with E-state index in [1.807, 2.05) is 26.0 Å². The molecule has 1 N–H and O–H groups in total. The van der Waals surface area contributed by atoms with Gasteiger partial charge >= 0.3 is 0 Å². The average Bonchev–Trinajstić information content (AvgIpc) is 2.53. The first-order valence-electron chi connectivity index (χ1n) is 6.66. The minimum Gasteiger partial charge on any atom is -0.324 e. The van der Waals surface area contributed by atoms with E-state index in [1.165, 1.54) is 0 Å². The highest BCUT2D eigenvalue weighted by atomic mass is 16.2. The predicted molar refractivity (Wildman–Crippen MR) is 72.9 cm³/mol. The van der Waals surface area contributed by atoms with Gasteiger partial charge in [0.25, 0.3) is 5.91 Å². The second-order valence-electron chi connectivity index (χ2n) is 6.02. The molecule has 0 aliphatic carbocycles. The van der Waals surface area contributed by atoms with Crippen molar-refractivity contribution in [1.82, 2.24) is 4.90 Å². The number of nitrogens with zero attached hydrogens (tertiary/aromatic N) is 1. The van der Waals surface area contributed by atoms with Crippen LogP contribution in [0.2, 0.25) is 0 Å². The molecule has 4 nitrogen and oxygen atoms in total. The fourth-order valence-corrected chi connectivity index (χ4v) is 3.12. The highest BCUT2D eigenvalue weighted by molar-refractivity contribution is 6.10. The van der Waals surface area contributed by atoms with Crippen LogP contribution in [0, 0.1) is 5.92 Å². The summed E-state index contributed by atoms with van der Waals surface area (Å²) in [5, 5.41) is 2.88. The molecule has 0 bridgehead atoms. The van der Waals surface area contributed by atoms with E-state index in [-0.39, 0.29) is 23.4 Å². The van der Waals surface area contributed by atoms with Gasteiger partial charge in [-0.15, -0.1) is 0 Å². The van der Waals surface area contributed by atoms with Crippen LogP contribution < -0.4 is 5.32 Å². The summed E-state index contributed by atoms with van der Waals surface area (Å²) in [5.41, 5.74) is 0.909. The molecule has 2 atom stereocenters. The Hall–Kier alpha value is -1.84. The molecule has 2 aliphatic rings. The molecule has 2 aliphatic heterocycles. The number of amides is 2. The molecule has 19 heavy (non-hydrogen) atoms. The largest absolute Gasteiger partial charge is 0.324 e. The zero-order valence-electron chi connectivity index (χ0n) is 11.4. The molecule has 1 aromatic carbocycles.